The summed E-state index contributed by atoms with van der Waals surface area (Å²) in [6.45, 7) is 1.62. The lowest BCUT2D eigenvalue weighted by atomic mass is 9.96. The molecule has 1 heterocycles. The van der Waals surface area contributed by atoms with Crippen molar-refractivity contribution in [2.24, 2.45) is 0 Å². The maximum absolute atomic E-state index is 11.8. The van der Waals surface area contributed by atoms with Gasteiger partial charge in [-0.25, -0.2) is 13.4 Å². The topological polar surface area (TPSA) is 73.0 Å². The van der Waals surface area contributed by atoms with Gasteiger partial charge in [0.2, 0.25) is 0 Å². The molecule has 0 radical (unpaired) electrons. The van der Waals surface area contributed by atoms with Gasteiger partial charge in [-0.3, -0.25) is 0 Å². The largest absolute Gasteiger partial charge is 0.383 e. The molecule has 0 amide bonds. The molecule has 0 fully saturated rings. The van der Waals surface area contributed by atoms with Gasteiger partial charge in [0.25, 0.3) is 0 Å². The lowest BCUT2D eigenvalue weighted by Gasteiger charge is -2.16. The van der Waals surface area contributed by atoms with Crippen molar-refractivity contribution in [1.82, 2.24) is 4.98 Å². The van der Waals surface area contributed by atoms with Crippen LogP contribution in [0.1, 0.15) is 31.0 Å². The molecule has 5 heteroatoms. The zero-order valence-corrected chi connectivity index (χ0v) is 10.2. The number of anilines is 1. The summed E-state index contributed by atoms with van der Waals surface area (Å²) >= 11 is 0. The van der Waals surface area contributed by atoms with Gasteiger partial charge in [0, 0.05) is 5.69 Å². The Labute approximate surface area is 95.8 Å². The van der Waals surface area contributed by atoms with E-state index in [1.165, 1.54) is 0 Å². The van der Waals surface area contributed by atoms with Crippen molar-refractivity contribution in [3.63, 3.8) is 0 Å². The Bertz CT molecular complexity index is 509. The molecule has 1 aromatic rings. The second-order valence-electron chi connectivity index (χ2n) is 4.09. The first-order chi connectivity index (χ1) is 7.54. The second kappa shape index (κ2) is 4.05. The Morgan fingerprint density at radius 3 is 2.75 bits per heavy atom. The predicted octanol–water partition coefficient (Wildman–Crippen LogP) is 1.34. The minimum Gasteiger partial charge on any atom is -0.383 e. The Kier molecular flexibility index (Phi) is 2.88. The lowest BCUT2D eigenvalue weighted by molar-refractivity contribution is 0.596. The van der Waals surface area contributed by atoms with E-state index in [9.17, 15) is 8.42 Å². The van der Waals surface area contributed by atoms with E-state index in [1.54, 1.807) is 13.0 Å². The van der Waals surface area contributed by atoms with Gasteiger partial charge in [-0.2, -0.15) is 0 Å². The monoisotopic (exact) mass is 240 g/mol. The summed E-state index contributed by atoms with van der Waals surface area (Å²) in [6, 6.07) is 1.72. The fourth-order valence-corrected chi connectivity index (χ4v) is 3.03. The van der Waals surface area contributed by atoms with Gasteiger partial charge in [-0.1, -0.05) is 6.92 Å². The zero-order valence-electron chi connectivity index (χ0n) is 9.36. The van der Waals surface area contributed by atoms with Crippen LogP contribution in [0.5, 0.6) is 0 Å². The summed E-state index contributed by atoms with van der Waals surface area (Å²) in [5.41, 5.74) is 7.74. The summed E-state index contributed by atoms with van der Waals surface area (Å²) in [5, 5.41) is 0. The molecule has 16 heavy (non-hydrogen) atoms. The van der Waals surface area contributed by atoms with E-state index in [1.807, 2.05) is 0 Å². The van der Waals surface area contributed by atoms with Crippen LogP contribution >= 0.6 is 0 Å². The predicted molar refractivity (Wildman–Crippen MR) is 63.0 cm³/mol. The van der Waals surface area contributed by atoms with Crippen molar-refractivity contribution < 1.29 is 8.42 Å². The molecule has 0 atom stereocenters. The molecule has 1 aromatic heterocycles. The number of nitrogen functional groups attached to an aromatic ring is 1. The number of aromatic nitrogens is 1. The molecule has 0 saturated heterocycles. The molecule has 0 saturated carbocycles. The molecule has 1 aliphatic carbocycles. The van der Waals surface area contributed by atoms with Gasteiger partial charge < -0.3 is 5.73 Å². The van der Waals surface area contributed by atoms with E-state index in [2.05, 4.69) is 4.98 Å². The minimum absolute atomic E-state index is 0.0671. The van der Waals surface area contributed by atoms with Crippen LogP contribution in [0.15, 0.2) is 11.0 Å². The van der Waals surface area contributed by atoms with E-state index >= 15 is 0 Å². The summed E-state index contributed by atoms with van der Waals surface area (Å²) < 4.78 is 23.6. The van der Waals surface area contributed by atoms with Gasteiger partial charge in [0.05, 0.1) is 5.75 Å². The highest BCUT2D eigenvalue weighted by Gasteiger charge is 2.20. The fraction of sp³-hybridized carbons (Fsp3) is 0.545. The first-order valence-corrected chi connectivity index (χ1v) is 7.21. The lowest BCUT2D eigenvalue weighted by Crippen LogP contribution is -2.13. The molecular weight excluding hydrogens is 224 g/mol. The molecule has 0 unspecified atom stereocenters. The van der Waals surface area contributed by atoms with Gasteiger partial charge >= 0.3 is 0 Å². The Morgan fingerprint density at radius 1 is 1.38 bits per heavy atom. The Morgan fingerprint density at radius 2 is 2.06 bits per heavy atom. The zero-order chi connectivity index (χ0) is 11.8. The number of pyridine rings is 1. The van der Waals surface area contributed by atoms with E-state index < -0.39 is 9.84 Å². The molecule has 4 nitrogen and oxygen atoms in total. The maximum atomic E-state index is 11.8. The number of hydrogen-bond donors (Lipinski definition) is 1. The van der Waals surface area contributed by atoms with Crippen molar-refractivity contribution in [2.75, 3.05) is 11.5 Å². The van der Waals surface area contributed by atoms with Crippen molar-refractivity contribution in [1.29, 1.82) is 0 Å². The smallest absolute Gasteiger partial charge is 0.181 e. The van der Waals surface area contributed by atoms with E-state index in [-0.39, 0.29) is 16.5 Å². The number of hydrogen-bond acceptors (Lipinski definition) is 4. The number of nitrogens with zero attached hydrogens (tertiary/aromatic N) is 1. The van der Waals surface area contributed by atoms with Crippen molar-refractivity contribution >= 4 is 15.7 Å². The molecule has 88 valence electrons. The third-order valence-corrected chi connectivity index (χ3v) is 4.77. The molecule has 2 N–H and O–H groups in total. The average Bonchev–Trinajstić information content (AvgIpc) is 2.28. The summed E-state index contributed by atoms with van der Waals surface area (Å²) in [7, 11) is -3.25. The summed E-state index contributed by atoms with van der Waals surface area (Å²) in [5.74, 6) is 0.222. The number of nitrogens with two attached hydrogens (primary N) is 1. The van der Waals surface area contributed by atoms with Crippen LogP contribution in [-0.2, 0) is 22.7 Å². The first kappa shape index (κ1) is 11.4. The van der Waals surface area contributed by atoms with Crippen LogP contribution < -0.4 is 5.73 Å². The van der Waals surface area contributed by atoms with Crippen molar-refractivity contribution in [3.8, 4) is 0 Å². The van der Waals surface area contributed by atoms with Crippen LogP contribution in [0.25, 0.3) is 0 Å². The minimum atomic E-state index is -3.25. The normalized spacial score (nSPS) is 15.8. The van der Waals surface area contributed by atoms with E-state index in [4.69, 9.17) is 5.73 Å². The van der Waals surface area contributed by atoms with Gasteiger partial charge in [0.15, 0.2) is 9.84 Å². The van der Waals surface area contributed by atoms with Crippen molar-refractivity contribution in [2.45, 2.75) is 37.5 Å². The van der Waals surface area contributed by atoms with Crippen LogP contribution in [0.4, 0.5) is 5.82 Å². The molecule has 0 aliphatic heterocycles. The second-order valence-corrected chi connectivity index (χ2v) is 6.33. The van der Waals surface area contributed by atoms with E-state index in [0.717, 1.165) is 36.9 Å². The average molecular weight is 240 g/mol. The third-order valence-electron chi connectivity index (χ3n) is 3.01. The van der Waals surface area contributed by atoms with Crippen LogP contribution in [-0.4, -0.2) is 19.2 Å². The van der Waals surface area contributed by atoms with Crippen LogP contribution in [0.2, 0.25) is 0 Å². The SMILES string of the molecule is CCS(=O)(=O)c1cc2c(nc1N)CCCC2. The molecule has 0 spiro atoms. The summed E-state index contributed by atoms with van der Waals surface area (Å²) in [4.78, 5) is 4.43. The Hall–Kier alpha value is -1.10. The highest BCUT2D eigenvalue weighted by atomic mass is 32.2. The number of sulfone groups is 1. The Balaban J connectivity index is 2.56. The van der Waals surface area contributed by atoms with Crippen LogP contribution in [0, 0.1) is 0 Å². The standard InChI is InChI=1S/C11H16N2O2S/c1-2-16(14,15)10-7-8-5-3-4-6-9(8)13-11(10)12/h7H,2-6H2,1H3,(H2,12,13). The quantitative estimate of drug-likeness (QED) is 0.846. The molecule has 1 aliphatic rings. The highest BCUT2D eigenvalue weighted by molar-refractivity contribution is 7.91. The third kappa shape index (κ3) is 1.91. The molecular formula is C11H16N2O2S. The first-order valence-electron chi connectivity index (χ1n) is 5.55. The van der Waals surface area contributed by atoms with Crippen molar-refractivity contribution in [3.05, 3.63) is 17.3 Å². The van der Waals surface area contributed by atoms with E-state index in [0.29, 0.717) is 0 Å². The number of fused-ring (bicyclic) bond motifs is 1. The number of rotatable bonds is 2. The van der Waals surface area contributed by atoms with Crippen LogP contribution in [0.3, 0.4) is 0 Å². The van der Waals surface area contributed by atoms with Gasteiger partial charge in [0.1, 0.15) is 10.7 Å². The summed E-state index contributed by atoms with van der Waals surface area (Å²) in [6.07, 6.45) is 4.03. The highest BCUT2D eigenvalue weighted by Crippen LogP contribution is 2.26. The molecule has 2 rings (SSSR count). The molecule has 0 aromatic carbocycles. The number of aryl methyl sites for hydroxylation is 2. The maximum Gasteiger partial charge on any atom is 0.181 e. The molecule has 0 bridgehead atoms. The van der Waals surface area contributed by atoms with Gasteiger partial charge in [-0.15, -0.1) is 0 Å². The fourth-order valence-electron chi connectivity index (χ4n) is 2.03. The van der Waals surface area contributed by atoms with Gasteiger partial charge in [-0.05, 0) is 37.3 Å².